The first kappa shape index (κ1) is 13.0. The summed E-state index contributed by atoms with van der Waals surface area (Å²) in [5, 5.41) is 0. The van der Waals surface area contributed by atoms with Gasteiger partial charge in [0, 0.05) is 5.56 Å². The fraction of sp³-hybridized carbons (Fsp3) is 0.0909. The van der Waals surface area contributed by atoms with Crippen LogP contribution in [0.4, 0.5) is 8.78 Å². The van der Waals surface area contributed by atoms with Crippen molar-refractivity contribution in [3.8, 4) is 16.9 Å². The Kier molecular flexibility index (Phi) is 3.85. The standard InChI is InChI=1S/C11H6Br2F2OS/c1-16-9-7(10(12)17-11(9)13)5-3-2-4-6(14)8(5)15/h2-4H,1H3. The third-order valence-electron chi connectivity index (χ3n) is 2.21. The molecule has 0 aliphatic heterocycles. The smallest absolute Gasteiger partial charge is 0.166 e. The molecule has 1 aromatic carbocycles. The molecule has 2 rings (SSSR count). The van der Waals surface area contributed by atoms with E-state index in [0.717, 1.165) is 9.85 Å². The molecule has 0 fully saturated rings. The predicted octanol–water partition coefficient (Wildman–Crippen LogP) is 5.23. The molecule has 0 amide bonds. The average molecular weight is 384 g/mol. The Balaban J connectivity index is 2.72. The van der Waals surface area contributed by atoms with E-state index in [9.17, 15) is 8.78 Å². The Bertz CT molecular complexity index is 569. The van der Waals surface area contributed by atoms with Crippen LogP contribution in [0.5, 0.6) is 5.75 Å². The molecule has 0 spiro atoms. The van der Waals surface area contributed by atoms with Crippen molar-refractivity contribution in [2.24, 2.45) is 0 Å². The summed E-state index contributed by atoms with van der Waals surface area (Å²) < 4.78 is 33.5. The molecule has 2 aromatic rings. The highest BCUT2D eigenvalue weighted by molar-refractivity contribution is 9.12. The van der Waals surface area contributed by atoms with E-state index in [-0.39, 0.29) is 5.56 Å². The topological polar surface area (TPSA) is 9.23 Å². The van der Waals surface area contributed by atoms with Gasteiger partial charge in [-0.25, -0.2) is 8.78 Å². The molecule has 90 valence electrons. The molecule has 17 heavy (non-hydrogen) atoms. The van der Waals surface area contributed by atoms with Crippen molar-refractivity contribution in [3.63, 3.8) is 0 Å². The summed E-state index contributed by atoms with van der Waals surface area (Å²) in [6.07, 6.45) is 0. The van der Waals surface area contributed by atoms with Gasteiger partial charge in [-0.3, -0.25) is 0 Å². The number of hydrogen-bond donors (Lipinski definition) is 0. The molecule has 1 heterocycles. The molecule has 0 aliphatic carbocycles. The monoisotopic (exact) mass is 382 g/mol. The van der Waals surface area contributed by atoms with Gasteiger partial charge in [-0.15, -0.1) is 11.3 Å². The van der Waals surface area contributed by atoms with E-state index in [4.69, 9.17) is 4.74 Å². The summed E-state index contributed by atoms with van der Waals surface area (Å²) in [6.45, 7) is 0. The lowest BCUT2D eigenvalue weighted by atomic mass is 10.1. The van der Waals surface area contributed by atoms with Crippen molar-refractivity contribution >= 4 is 43.2 Å². The molecule has 0 bridgehead atoms. The third kappa shape index (κ3) is 2.26. The van der Waals surface area contributed by atoms with Crippen molar-refractivity contribution in [1.82, 2.24) is 0 Å². The lowest BCUT2D eigenvalue weighted by Crippen LogP contribution is -1.91. The molecular formula is C11H6Br2F2OS. The summed E-state index contributed by atoms with van der Waals surface area (Å²) in [5.41, 5.74) is 0.692. The highest BCUT2D eigenvalue weighted by atomic mass is 79.9. The first-order valence-corrected chi connectivity index (χ1v) is 6.92. The lowest BCUT2D eigenvalue weighted by molar-refractivity contribution is 0.415. The average Bonchev–Trinajstić information content (AvgIpc) is 2.57. The minimum atomic E-state index is -0.878. The van der Waals surface area contributed by atoms with Gasteiger partial charge in [0.2, 0.25) is 0 Å². The van der Waals surface area contributed by atoms with Crippen LogP contribution in [0.2, 0.25) is 0 Å². The normalized spacial score (nSPS) is 10.6. The number of ether oxygens (including phenoxy) is 1. The Morgan fingerprint density at radius 1 is 1.18 bits per heavy atom. The van der Waals surface area contributed by atoms with E-state index in [1.807, 2.05) is 0 Å². The van der Waals surface area contributed by atoms with Crippen LogP contribution in [0.15, 0.2) is 25.8 Å². The van der Waals surface area contributed by atoms with E-state index in [1.54, 1.807) is 0 Å². The number of benzene rings is 1. The Morgan fingerprint density at radius 3 is 2.53 bits per heavy atom. The Morgan fingerprint density at radius 2 is 1.88 bits per heavy atom. The van der Waals surface area contributed by atoms with Gasteiger partial charge in [-0.2, -0.15) is 0 Å². The van der Waals surface area contributed by atoms with Crippen molar-refractivity contribution in [2.45, 2.75) is 0 Å². The van der Waals surface area contributed by atoms with Crippen LogP contribution >= 0.6 is 43.2 Å². The van der Waals surface area contributed by atoms with Crippen LogP contribution in [0.25, 0.3) is 11.1 Å². The fourth-order valence-corrected chi connectivity index (χ4v) is 4.59. The molecule has 0 radical (unpaired) electrons. The van der Waals surface area contributed by atoms with Crippen LogP contribution in [-0.2, 0) is 0 Å². The highest BCUT2D eigenvalue weighted by Crippen LogP contribution is 2.49. The van der Waals surface area contributed by atoms with Gasteiger partial charge in [0.05, 0.1) is 16.5 Å². The van der Waals surface area contributed by atoms with E-state index >= 15 is 0 Å². The van der Waals surface area contributed by atoms with Gasteiger partial charge in [-0.05, 0) is 37.9 Å². The van der Waals surface area contributed by atoms with Crippen LogP contribution in [-0.4, -0.2) is 7.11 Å². The van der Waals surface area contributed by atoms with E-state index in [1.165, 1.54) is 30.6 Å². The molecule has 1 aromatic heterocycles. The number of halogens is 4. The second kappa shape index (κ2) is 5.04. The highest BCUT2D eigenvalue weighted by Gasteiger charge is 2.21. The van der Waals surface area contributed by atoms with Crippen molar-refractivity contribution in [3.05, 3.63) is 37.4 Å². The maximum atomic E-state index is 13.7. The zero-order chi connectivity index (χ0) is 12.6. The first-order valence-electron chi connectivity index (χ1n) is 4.52. The number of thiophene rings is 1. The molecular weight excluding hydrogens is 378 g/mol. The zero-order valence-electron chi connectivity index (χ0n) is 8.56. The lowest BCUT2D eigenvalue weighted by Gasteiger charge is -2.06. The van der Waals surface area contributed by atoms with Crippen LogP contribution in [0, 0.1) is 11.6 Å². The molecule has 0 saturated carbocycles. The molecule has 0 atom stereocenters. The summed E-state index contributed by atoms with van der Waals surface area (Å²) in [4.78, 5) is 0. The first-order chi connectivity index (χ1) is 8.06. The van der Waals surface area contributed by atoms with Gasteiger partial charge in [-0.1, -0.05) is 12.1 Å². The molecule has 0 saturated heterocycles. The maximum Gasteiger partial charge on any atom is 0.166 e. The van der Waals surface area contributed by atoms with Crippen LogP contribution in [0.1, 0.15) is 0 Å². The van der Waals surface area contributed by atoms with Gasteiger partial charge in [0.1, 0.15) is 3.79 Å². The van der Waals surface area contributed by atoms with E-state index in [0.29, 0.717) is 15.1 Å². The zero-order valence-corrected chi connectivity index (χ0v) is 12.5. The molecule has 0 unspecified atom stereocenters. The van der Waals surface area contributed by atoms with Crippen molar-refractivity contribution in [2.75, 3.05) is 7.11 Å². The summed E-state index contributed by atoms with van der Waals surface area (Å²) >= 11 is 7.99. The fourth-order valence-electron chi connectivity index (χ4n) is 1.47. The summed E-state index contributed by atoms with van der Waals surface area (Å²) in [7, 11) is 1.49. The van der Waals surface area contributed by atoms with E-state index in [2.05, 4.69) is 31.9 Å². The minimum absolute atomic E-state index is 0.177. The Hall–Kier alpha value is -0.460. The van der Waals surface area contributed by atoms with Crippen molar-refractivity contribution in [1.29, 1.82) is 0 Å². The second-order valence-electron chi connectivity index (χ2n) is 3.16. The van der Waals surface area contributed by atoms with E-state index < -0.39 is 11.6 Å². The largest absolute Gasteiger partial charge is 0.494 e. The molecule has 6 heteroatoms. The molecule has 0 aliphatic rings. The van der Waals surface area contributed by atoms with Gasteiger partial charge < -0.3 is 4.74 Å². The predicted molar refractivity (Wildman–Crippen MR) is 71.6 cm³/mol. The Labute approximate surface area is 118 Å². The quantitative estimate of drug-likeness (QED) is 0.690. The minimum Gasteiger partial charge on any atom is -0.494 e. The van der Waals surface area contributed by atoms with Crippen molar-refractivity contribution < 1.29 is 13.5 Å². The SMILES string of the molecule is COc1c(Br)sc(Br)c1-c1cccc(F)c1F. The van der Waals surface area contributed by atoms with Gasteiger partial charge in [0.15, 0.2) is 17.4 Å². The molecule has 0 N–H and O–H groups in total. The van der Waals surface area contributed by atoms with Gasteiger partial charge >= 0.3 is 0 Å². The maximum absolute atomic E-state index is 13.7. The third-order valence-corrected chi connectivity index (χ3v) is 4.68. The molecule has 1 nitrogen and oxygen atoms in total. The van der Waals surface area contributed by atoms with Crippen LogP contribution < -0.4 is 4.74 Å². The summed E-state index contributed by atoms with van der Waals surface area (Å²) in [5.74, 6) is -1.26. The summed E-state index contributed by atoms with van der Waals surface area (Å²) in [6, 6.07) is 4.06. The number of hydrogen-bond acceptors (Lipinski definition) is 2. The second-order valence-corrected chi connectivity index (χ2v) is 6.82. The number of methoxy groups -OCH3 is 1. The van der Waals surface area contributed by atoms with Crippen LogP contribution in [0.3, 0.4) is 0 Å². The number of rotatable bonds is 2. The van der Waals surface area contributed by atoms with Gasteiger partial charge in [0.25, 0.3) is 0 Å².